The van der Waals surface area contributed by atoms with Gasteiger partial charge < -0.3 is 9.47 Å². The van der Waals surface area contributed by atoms with E-state index in [0.717, 1.165) is 6.42 Å². The minimum absolute atomic E-state index is 0.435. The van der Waals surface area contributed by atoms with Gasteiger partial charge in [0, 0.05) is 0 Å². The van der Waals surface area contributed by atoms with Gasteiger partial charge in [-0.1, -0.05) is 6.42 Å². The van der Waals surface area contributed by atoms with Crippen LogP contribution in [0.1, 0.15) is 19.3 Å². The van der Waals surface area contributed by atoms with Crippen molar-refractivity contribution in [1.82, 2.24) is 0 Å². The molecular formula is C11H15NO4. The number of hydrogen-bond acceptors (Lipinski definition) is 5. The summed E-state index contributed by atoms with van der Waals surface area (Å²) in [6, 6.07) is 2.07. The molecule has 0 spiro atoms. The molecule has 5 nitrogen and oxygen atoms in total. The Morgan fingerprint density at radius 1 is 1.19 bits per heavy atom. The van der Waals surface area contributed by atoms with Crippen molar-refractivity contribution in [2.24, 2.45) is 17.8 Å². The topological polar surface area (TPSA) is 76.4 Å². The van der Waals surface area contributed by atoms with Crippen LogP contribution in [0.5, 0.6) is 0 Å². The summed E-state index contributed by atoms with van der Waals surface area (Å²) in [5, 5.41) is 8.97. The van der Waals surface area contributed by atoms with E-state index in [-0.39, 0.29) is 0 Å². The third-order valence-corrected chi connectivity index (χ3v) is 3.04. The van der Waals surface area contributed by atoms with Gasteiger partial charge in [-0.3, -0.25) is 9.59 Å². The van der Waals surface area contributed by atoms with E-state index in [2.05, 4.69) is 15.5 Å². The van der Waals surface area contributed by atoms with Crippen LogP contribution in [0.2, 0.25) is 0 Å². The summed E-state index contributed by atoms with van der Waals surface area (Å²) in [6.07, 6.45) is 1.96. The molecule has 0 N–H and O–H groups in total. The van der Waals surface area contributed by atoms with Crippen molar-refractivity contribution >= 4 is 11.9 Å². The van der Waals surface area contributed by atoms with Crippen molar-refractivity contribution in [3.8, 4) is 6.07 Å². The van der Waals surface area contributed by atoms with E-state index in [1.807, 2.05) is 0 Å². The van der Waals surface area contributed by atoms with Gasteiger partial charge in [0.1, 0.15) is 0 Å². The van der Waals surface area contributed by atoms with E-state index in [4.69, 9.17) is 5.26 Å². The smallest absolute Gasteiger partial charge is 0.310 e. The lowest BCUT2D eigenvalue weighted by Crippen LogP contribution is -2.39. The first kappa shape index (κ1) is 12.5. The number of methoxy groups -OCH3 is 2. The summed E-state index contributed by atoms with van der Waals surface area (Å²) in [4.78, 5) is 23.1. The maximum atomic E-state index is 11.6. The van der Waals surface area contributed by atoms with E-state index < -0.39 is 29.7 Å². The highest BCUT2D eigenvalue weighted by molar-refractivity contribution is 5.82. The van der Waals surface area contributed by atoms with Crippen LogP contribution in [-0.2, 0) is 19.1 Å². The fourth-order valence-corrected chi connectivity index (χ4v) is 2.22. The molecule has 0 bridgehead atoms. The maximum absolute atomic E-state index is 11.6. The fourth-order valence-electron chi connectivity index (χ4n) is 2.22. The van der Waals surface area contributed by atoms with Gasteiger partial charge in [-0.2, -0.15) is 5.26 Å². The second-order valence-corrected chi connectivity index (χ2v) is 3.85. The highest BCUT2D eigenvalue weighted by atomic mass is 16.5. The molecule has 0 aliphatic heterocycles. The highest BCUT2D eigenvalue weighted by Crippen LogP contribution is 2.36. The second kappa shape index (κ2) is 5.50. The van der Waals surface area contributed by atoms with Crippen molar-refractivity contribution in [1.29, 1.82) is 5.26 Å². The minimum Gasteiger partial charge on any atom is -0.469 e. The molecule has 0 aromatic carbocycles. The van der Waals surface area contributed by atoms with Gasteiger partial charge in [-0.05, 0) is 12.8 Å². The third-order valence-electron chi connectivity index (χ3n) is 3.04. The molecule has 0 radical (unpaired) electrons. The third kappa shape index (κ3) is 2.32. The molecule has 0 saturated heterocycles. The Morgan fingerprint density at radius 3 is 2.31 bits per heavy atom. The number of hydrogen-bond donors (Lipinski definition) is 0. The number of carbonyl (C=O) groups is 2. The number of ether oxygens (including phenoxy) is 2. The molecule has 1 aliphatic rings. The average molecular weight is 225 g/mol. The Labute approximate surface area is 94.3 Å². The summed E-state index contributed by atoms with van der Waals surface area (Å²) in [5.74, 6) is -2.62. The van der Waals surface area contributed by atoms with E-state index in [0.29, 0.717) is 12.8 Å². The lowest BCUT2D eigenvalue weighted by molar-refractivity contribution is -0.161. The molecular weight excluding hydrogens is 210 g/mol. The zero-order valence-electron chi connectivity index (χ0n) is 9.43. The van der Waals surface area contributed by atoms with Gasteiger partial charge in [0.25, 0.3) is 0 Å². The first-order valence-electron chi connectivity index (χ1n) is 5.21. The van der Waals surface area contributed by atoms with E-state index in [1.165, 1.54) is 14.2 Å². The standard InChI is InChI=1S/C11H15NO4/c1-15-10(13)8-5-3-4-7(6-12)9(8)11(14)16-2/h7-9H,3-5H2,1-2H3/t7-,8-,9-/m1/s1. The zero-order chi connectivity index (χ0) is 12.1. The summed E-state index contributed by atoms with van der Waals surface area (Å²) < 4.78 is 9.30. The summed E-state index contributed by atoms with van der Waals surface area (Å²) in [7, 11) is 2.55. The van der Waals surface area contributed by atoms with E-state index in [1.54, 1.807) is 0 Å². The lowest BCUT2D eigenvalue weighted by atomic mass is 9.72. The van der Waals surface area contributed by atoms with Gasteiger partial charge in [0.05, 0.1) is 38.0 Å². The largest absolute Gasteiger partial charge is 0.469 e. The quantitative estimate of drug-likeness (QED) is 0.652. The normalized spacial score (nSPS) is 28.9. The Morgan fingerprint density at radius 2 is 1.81 bits per heavy atom. The van der Waals surface area contributed by atoms with E-state index >= 15 is 0 Å². The number of esters is 2. The molecule has 5 heteroatoms. The number of carbonyl (C=O) groups excluding carboxylic acids is 2. The molecule has 0 heterocycles. The number of nitrogens with zero attached hydrogens (tertiary/aromatic N) is 1. The van der Waals surface area contributed by atoms with Crippen molar-refractivity contribution in [3.63, 3.8) is 0 Å². The van der Waals surface area contributed by atoms with Crippen LogP contribution in [0.4, 0.5) is 0 Å². The molecule has 1 saturated carbocycles. The molecule has 1 rings (SSSR count). The molecule has 0 unspecified atom stereocenters. The molecule has 88 valence electrons. The lowest BCUT2D eigenvalue weighted by Gasteiger charge is -2.30. The zero-order valence-corrected chi connectivity index (χ0v) is 9.43. The minimum atomic E-state index is -0.684. The van der Waals surface area contributed by atoms with Gasteiger partial charge in [-0.15, -0.1) is 0 Å². The first-order valence-corrected chi connectivity index (χ1v) is 5.21. The van der Waals surface area contributed by atoms with E-state index in [9.17, 15) is 9.59 Å². The molecule has 1 aliphatic carbocycles. The fraction of sp³-hybridized carbons (Fsp3) is 0.727. The predicted octanol–water partition coefficient (Wildman–Crippen LogP) is 0.888. The predicted molar refractivity (Wildman–Crippen MR) is 54.0 cm³/mol. The first-order chi connectivity index (χ1) is 7.65. The van der Waals surface area contributed by atoms with Crippen LogP contribution in [0.3, 0.4) is 0 Å². The molecule has 16 heavy (non-hydrogen) atoms. The van der Waals surface area contributed by atoms with Gasteiger partial charge >= 0.3 is 11.9 Å². The Balaban J connectivity index is 2.92. The van der Waals surface area contributed by atoms with Gasteiger partial charge in [0.2, 0.25) is 0 Å². The Bertz CT molecular complexity index is 320. The van der Waals surface area contributed by atoms with Crippen LogP contribution in [0, 0.1) is 29.1 Å². The summed E-state index contributed by atoms with van der Waals surface area (Å²) >= 11 is 0. The van der Waals surface area contributed by atoms with Crippen molar-refractivity contribution in [2.45, 2.75) is 19.3 Å². The molecule has 1 fully saturated rings. The van der Waals surface area contributed by atoms with Gasteiger partial charge in [-0.25, -0.2) is 0 Å². The second-order valence-electron chi connectivity index (χ2n) is 3.85. The molecule has 3 atom stereocenters. The van der Waals surface area contributed by atoms with Gasteiger partial charge in [0.15, 0.2) is 0 Å². The maximum Gasteiger partial charge on any atom is 0.310 e. The summed E-state index contributed by atoms with van der Waals surface area (Å²) in [6.45, 7) is 0. The van der Waals surface area contributed by atoms with Crippen molar-refractivity contribution in [3.05, 3.63) is 0 Å². The Kier molecular flexibility index (Phi) is 4.29. The van der Waals surface area contributed by atoms with Crippen LogP contribution in [0.25, 0.3) is 0 Å². The summed E-state index contributed by atoms with van der Waals surface area (Å²) in [5.41, 5.74) is 0. The van der Waals surface area contributed by atoms with Crippen LogP contribution in [-0.4, -0.2) is 26.2 Å². The molecule has 0 amide bonds. The number of nitriles is 1. The Hall–Kier alpha value is -1.57. The van der Waals surface area contributed by atoms with Crippen LogP contribution in [0.15, 0.2) is 0 Å². The van der Waals surface area contributed by atoms with Crippen LogP contribution >= 0.6 is 0 Å². The van der Waals surface area contributed by atoms with Crippen molar-refractivity contribution in [2.75, 3.05) is 14.2 Å². The average Bonchev–Trinajstić information content (AvgIpc) is 2.35. The highest BCUT2D eigenvalue weighted by Gasteiger charge is 2.43. The molecule has 0 aromatic heterocycles. The van der Waals surface area contributed by atoms with Crippen molar-refractivity contribution < 1.29 is 19.1 Å². The SMILES string of the molecule is COC(=O)[C@@H]1[C@@H](C#N)CCC[C@H]1C(=O)OC. The number of rotatable bonds is 2. The molecule has 0 aromatic rings. The monoisotopic (exact) mass is 225 g/mol. The van der Waals surface area contributed by atoms with Crippen LogP contribution < -0.4 is 0 Å².